The Morgan fingerprint density at radius 3 is 2.12 bits per heavy atom. The van der Waals surface area contributed by atoms with Crippen molar-refractivity contribution in [1.82, 2.24) is 0 Å². The molecule has 0 saturated carbocycles. The van der Waals surface area contributed by atoms with Crippen molar-refractivity contribution in [3.05, 3.63) is 82.9 Å². The van der Waals surface area contributed by atoms with Crippen LogP contribution in [0.4, 0.5) is 11.4 Å². The van der Waals surface area contributed by atoms with E-state index in [-0.39, 0.29) is 0 Å². The van der Waals surface area contributed by atoms with Crippen molar-refractivity contribution >= 4 is 17.3 Å². The van der Waals surface area contributed by atoms with Gasteiger partial charge in [0.05, 0.1) is 12.7 Å². The van der Waals surface area contributed by atoms with E-state index < -0.39 is 11.9 Å². The number of nitrogens with two attached hydrogens (primary N) is 2. The zero-order valence-corrected chi connectivity index (χ0v) is 14.2. The summed E-state index contributed by atoms with van der Waals surface area (Å²) in [6.45, 7) is 0. The predicted molar refractivity (Wildman–Crippen MR) is 101 cm³/mol. The van der Waals surface area contributed by atoms with Crippen LogP contribution in [-0.4, -0.2) is 13.1 Å². The Balaban J connectivity index is 2.07. The molecule has 0 saturated heterocycles. The molecule has 0 aliphatic carbocycles. The smallest absolute Gasteiger partial charge is 0.338 e. The molecule has 0 fully saturated rings. The summed E-state index contributed by atoms with van der Waals surface area (Å²) in [5.74, 6) is -0.974. The van der Waals surface area contributed by atoms with Gasteiger partial charge < -0.3 is 20.9 Å². The largest absolute Gasteiger partial charge is 0.465 e. The number of rotatable bonds is 2. The second-order valence-corrected chi connectivity index (χ2v) is 6.03. The van der Waals surface area contributed by atoms with Crippen molar-refractivity contribution in [2.45, 2.75) is 5.89 Å². The highest BCUT2D eigenvalue weighted by atomic mass is 16.5. The molecule has 26 heavy (non-hydrogen) atoms. The van der Waals surface area contributed by atoms with Gasteiger partial charge in [-0.3, -0.25) is 0 Å². The summed E-state index contributed by atoms with van der Waals surface area (Å²) in [4.78, 5) is 12.4. The average molecular weight is 347 g/mol. The Morgan fingerprint density at radius 1 is 0.962 bits per heavy atom. The summed E-state index contributed by atoms with van der Waals surface area (Å²) >= 11 is 0. The molecule has 130 valence electrons. The number of benzene rings is 3. The molecular formula is C21H18N2O3. The van der Waals surface area contributed by atoms with Gasteiger partial charge in [-0.05, 0) is 23.8 Å². The number of carbonyl (C=O) groups is 1. The number of carbonyl (C=O) groups excluding carboxylic acids is 1. The Morgan fingerprint density at radius 2 is 1.54 bits per heavy atom. The monoisotopic (exact) mass is 347 g/mol. The van der Waals surface area contributed by atoms with Crippen LogP contribution >= 0.6 is 0 Å². The van der Waals surface area contributed by atoms with Gasteiger partial charge in [0.2, 0.25) is 0 Å². The van der Waals surface area contributed by atoms with Crippen LogP contribution in [0.3, 0.4) is 0 Å². The topological polar surface area (TPSA) is 87.6 Å². The van der Waals surface area contributed by atoms with Gasteiger partial charge >= 0.3 is 5.97 Å². The van der Waals surface area contributed by atoms with Gasteiger partial charge in [0, 0.05) is 41.9 Å². The molecule has 5 heteroatoms. The number of esters is 1. The summed E-state index contributed by atoms with van der Waals surface area (Å²) in [5, 5.41) is 0. The van der Waals surface area contributed by atoms with E-state index in [0.29, 0.717) is 45.1 Å². The van der Waals surface area contributed by atoms with Gasteiger partial charge in [-0.1, -0.05) is 30.3 Å². The zero-order valence-electron chi connectivity index (χ0n) is 15.2. The van der Waals surface area contributed by atoms with E-state index in [1.54, 1.807) is 60.7 Å². The fourth-order valence-electron chi connectivity index (χ4n) is 3.20. The van der Waals surface area contributed by atoms with Gasteiger partial charge in [0.25, 0.3) is 0 Å². The maximum atomic E-state index is 12.4. The first-order valence-electron chi connectivity index (χ1n) is 8.61. The number of ether oxygens (including phenoxy) is 2. The molecule has 0 unspecified atom stereocenters. The molecule has 0 spiro atoms. The van der Waals surface area contributed by atoms with E-state index in [0.717, 1.165) is 0 Å². The number of fused-ring (bicyclic) bond motifs is 2. The van der Waals surface area contributed by atoms with Crippen LogP contribution in [0.25, 0.3) is 0 Å². The molecule has 4 N–H and O–H groups in total. The quantitative estimate of drug-likeness (QED) is 0.542. The molecule has 4 rings (SSSR count). The lowest BCUT2D eigenvalue weighted by Crippen LogP contribution is -2.16. The van der Waals surface area contributed by atoms with E-state index in [4.69, 9.17) is 20.9 Å². The minimum Gasteiger partial charge on any atom is -0.465 e. The van der Waals surface area contributed by atoms with E-state index in [2.05, 4.69) is 0 Å². The van der Waals surface area contributed by atoms with E-state index in [1.807, 2.05) is 0 Å². The summed E-state index contributed by atoms with van der Waals surface area (Å²) < 4.78 is 20.4. The van der Waals surface area contributed by atoms with Crippen LogP contribution in [0.5, 0.6) is 11.5 Å². The second-order valence-electron chi connectivity index (χ2n) is 6.03. The molecule has 3 aromatic rings. The van der Waals surface area contributed by atoms with Crippen molar-refractivity contribution < 1.29 is 15.6 Å². The molecular weight excluding hydrogens is 328 g/mol. The van der Waals surface area contributed by atoms with E-state index >= 15 is 0 Å². The van der Waals surface area contributed by atoms with Crippen LogP contribution < -0.4 is 16.2 Å². The maximum Gasteiger partial charge on any atom is 0.338 e. The van der Waals surface area contributed by atoms with Crippen molar-refractivity contribution in [3.63, 3.8) is 0 Å². The van der Waals surface area contributed by atoms with Gasteiger partial charge in [0.1, 0.15) is 11.5 Å². The molecule has 1 aliphatic rings. The third kappa shape index (κ3) is 2.54. The van der Waals surface area contributed by atoms with Crippen LogP contribution in [-0.2, 0) is 4.74 Å². The first-order chi connectivity index (χ1) is 12.9. The van der Waals surface area contributed by atoms with Crippen LogP contribution in [0.1, 0.15) is 34.3 Å². The Labute approximate surface area is 152 Å². The minimum atomic E-state index is -1.39. The van der Waals surface area contributed by atoms with Gasteiger partial charge in [-0.25, -0.2) is 4.79 Å². The lowest BCUT2D eigenvalue weighted by atomic mass is 9.80. The van der Waals surface area contributed by atoms with Gasteiger partial charge in [-0.15, -0.1) is 0 Å². The summed E-state index contributed by atoms with van der Waals surface area (Å²) in [6, 6.07) is 17.2. The molecule has 1 heterocycles. The van der Waals surface area contributed by atoms with Gasteiger partial charge in [0.15, 0.2) is 0 Å². The number of nitrogen functional groups attached to an aromatic ring is 2. The van der Waals surface area contributed by atoms with E-state index in [9.17, 15) is 6.17 Å². The summed E-state index contributed by atoms with van der Waals surface area (Å²) in [7, 11) is 1.32. The molecule has 1 aliphatic heterocycles. The lowest BCUT2D eigenvalue weighted by Gasteiger charge is -2.30. The molecule has 5 nitrogen and oxygen atoms in total. The molecule has 0 amide bonds. The number of hydrogen-bond donors (Lipinski definition) is 2. The summed E-state index contributed by atoms with van der Waals surface area (Å²) in [6.07, 6.45) is 0. The second kappa shape index (κ2) is 6.11. The molecule has 0 bridgehead atoms. The van der Waals surface area contributed by atoms with Crippen LogP contribution in [0.15, 0.2) is 60.7 Å². The normalized spacial score (nSPS) is 14.4. The molecule has 0 atom stereocenters. The third-order valence-corrected chi connectivity index (χ3v) is 4.37. The third-order valence-electron chi connectivity index (χ3n) is 4.37. The van der Waals surface area contributed by atoms with Crippen molar-refractivity contribution in [1.29, 1.82) is 0 Å². The summed E-state index contributed by atoms with van der Waals surface area (Å²) in [5.41, 5.74) is 14.9. The fourth-order valence-corrected chi connectivity index (χ4v) is 3.20. The molecule has 3 aromatic carbocycles. The lowest BCUT2D eigenvalue weighted by molar-refractivity contribution is 0.0599. The zero-order chi connectivity index (χ0) is 19.2. The van der Waals surface area contributed by atoms with Crippen LogP contribution in [0, 0.1) is 0 Å². The Hall–Kier alpha value is -3.47. The number of methoxy groups -OCH3 is 1. The van der Waals surface area contributed by atoms with Crippen molar-refractivity contribution in [2.75, 3.05) is 18.6 Å². The van der Waals surface area contributed by atoms with Crippen molar-refractivity contribution in [2.24, 2.45) is 0 Å². The van der Waals surface area contributed by atoms with Crippen molar-refractivity contribution in [3.8, 4) is 11.5 Å². The Bertz CT molecular complexity index is 1010. The van der Waals surface area contributed by atoms with Crippen LogP contribution in [0.2, 0.25) is 0 Å². The highest BCUT2D eigenvalue weighted by molar-refractivity contribution is 5.92. The highest BCUT2D eigenvalue weighted by Gasteiger charge is 2.31. The SMILES string of the molecule is [2H]C1(c2ccccc2C(=O)OC)c2ccc(N)cc2Oc2cc(N)ccc21. The molecule has 0 radical (unpaired) electrons. The Kier molecular flexibility index (Phi) is 3.49. The first-order valence-corrected chi connectivity index (χ1v) is 8.11. The first kappa shape index (κ1) is 14.8. The maximum absolute atomic E-state index is 12.4. The minimum absolute atomic E-state index is 0.322. The van der Waals surface area contributed by atoms with Gasteiger partial charge in [-0.2, -0.15) is 0 Å². The standard InChI is InChI=1S/C21H18N2O3/c1-25-21(24)15-5-3-2-4-14(15)20-16-8-6-12(22)10-18(16)26-19-11-13(23)7-9-17(19)20/h2-11,20H,22-23H2,1H3/i20D. The van der Waals surface area contributed by atoms with E-state index in [1.165, 1.54) is 7.11 Å². The molecule has 0 aromatic heterocycles. The fraction of sp³-hybridized carbons (Fsp3) is 0.0952. The highest BCUT2D eigenvalue weighted by Crippen LogP contribution is 2.49. The average Bonchev–Trinajstić information content (AvgIpc) is 2.67. The number of hydrogen-bond acceptors (Lipinski definition) is 5. The predicted octanol–water partition coefficient (Wildman–Crippen LogP) is 3.92. The number of anilines is 2.